The molecule has 0 saturated carbocycles. The first-order chi connectivity index (χ1) is 19.1. The Labute approximate surface area is 248 Å². The Morgan fingerprint density at radius 3 is 1.38 bits per heavy atom. The smallest absolute Gasteiger partial charge is 0.0603 e. The summed E-state index contributed by atoms with van der Waals surface area (Å²) in [4.78, 5) is 2.80. The lowest BCUT2D eigenvalue weighted by Gasteiger charge is -2.35. The fraction of sp³-hybridized carbons (Fsp3) is 1.00. The Kier molecular flexibility index (Phi) is 25.4. The SMILES string of the molecule is CCCCCCCC(CCCCCC)CN1CCC(O[C@H](C)CCC(CCCCCC)CCCCCC)CC1. The number of ether oxygens (including phenoxy) is 1. The first-order valence-electron chi connectivity index (χ1n) is 18.5. The summed E-state index contributed by atoms with van der Waals surface area (Å²) in [5, 5.41) is 0. The molecule has 0 aromatic rings. The maximum atomic E-state index is 6.65. The van der Waals surface area contributed by atoms with Crippen LogP contribution in [0, 0.1) is 11.8 Å². The third-order valence-electron chi connectivity index (χ3n) is 9.57. The van der Waals surface area contributed by atoms with Crippen molar-refractivity contribution in [3.63, 3.8) is 0 Å². The van der Waals surface area contributed by atoms with Gasteiger partial charge in [0.15, 0.2) is 0 Å². The first-order valence-corrected chi connectivity index (χ1v) is 18.5. The molecule has 0 radical (unpaired) electrons. The molecule has 39 heavy (non-hydrogen) atoms. The molecule has 0 amide bonds. The fourth-order valence-electron chi connectivity index (χ4n) is 6.84. The normalized spacial score (nSPS) is 16.8. The topological polar surface area (TPSA) is 12.5 Å². The van der Waals surface area contributed by atoms with E-state index in [-0.39, 0.29) is 0 Å². The average Bonchev–Trinajstić information content (AvgIpc) is 2.94. The molecule has 1 unspecified atom stereocenters. The largest absolute Gasteiger partial charge is 0.375 e. The summed E-state index contributed by atoms with van der Waals surface area (Å²) < 4.78 is 6.65. The van der Waals surface area contributed by atoms with Crippen molar-refractivity contribution in [1.29, 1.82) is 0 Å². The molecule has 1 rings (SSSR count). The van der Waals surface area contributed by atoms with Gasteiger partial charge in [0.1, 0.15) is 0 Å². The molecule has 0 aromatic carbocycles. The highest BCUT2D eigenvalue weighted by Crippen LogP contribution is 2.26. The average molecular weight is 550 g/mol. The molecule has 0 aromatic heterocycles. The minimum Gasteiger partial charge on any atom is -0.375 e. The van der Waals surface area contributed by atoms with Crippen molar-refractivity contribution >= 4 is 0 Å². The Balaban J connectivity index is 2.35. The molecule has 2 atom stereocenters. The number of piperidine rings is 1. The van der Waals surface area contributed by atoms with Gasteiger partial charge in [-0.3, -0.25) is 0 Å². The van der Waals surface area contributed by atoms with Gasteiger partial charge in [-0.2, -0.15) is 0 Å². The van der Waals surface area contributed by atoms with E-state index in [4.69, 9.17) is 4.74 Å². The second-order valence-electron chi connectivity index (χ2n) is 13.5. The van der Waals surface area contributed by atoms with Crippen LogP contribution in [0.15, 0.2) is 0 Å². The molecule has 2 heteroatoms. The molecule has 0 N–H and O–H groups in total. The van der Waals surface area contributed by atoms with Crippen molar-refractivity contribution in [2.45, 2.75) is 207 Å². The van der Waals surface area contributed by atoms with Gasteiger partial charge in [-0.1, -0.05) is 150 Å². The van der Waals surface area contributed by atoms with E-state index < -0.39 is 0 Å². The van der Waals surface area contributed by atoms with Crippen LogP contribution in [0.3, 0.4) is 0 Å². The summed E-state index contributed by atoms with van der Waals surface area (Å²) in [5.41, 5.74) is 0. The van der Waals surface area contributed by atoms with Crippen LogP contribution >= 0.6 is 0 Å². The molecule has 234 valence electrons. The summed E-state index contributed by atoms with van der Waals surface area (Å²) in [6, 6.07) is 0. The van der Waals surface area contributed by atoms with Crippen molar-refractivity contribution in [2.75, 3.05) is 19.6 Å². The van der Waals surface area contributed by atoms with Crippen LogP contribution in [0.4, 0.5) is 0 Å². The lowest BCUT2D eigenvalue weighted by Crippen LogP contribution is -2.40. The molecular weight excluding hydrogens is 474 g/mol. The molecular formula is C37H75NO. The van der Waals surface area contributed by atoms with Gasteiger partial charge in [0.2, 0.25) is 0 Å². The van der Waals surface area contributed by atoms with Gasteiger partial charge in [-0.15, -0.1) is 0 Å². The van der Waals surface area contributed by atoms with Gasteiger partial charge in [0.05, 0.1) is 12.2 Å². The number of rotatable bonds is 28. The van der Waals surface area contributed by atoms with Crippen LogP contribution in [0.5, 0.6) is 0 Å². The number of unbranched alkanes of at least 4 members (excludes halogenated alkanes) is 13. The van der Waals surface area contributed by atoms with E-state index in [1.54, 1.807) is 0 Å². The van der Waals surface area contributed by atoms with E-state index in [1.165, 1.54) is 180 Å². The van der Waals surface area contributed by atoms with Gasteiger partial charge >= 0.3 is 0 Å². The van der Waals surface area contributed by atoms with E-state index in [2.05, 4.69) is 39.5 Å². The molecule has 0 bridgehead atoms. The maximum Gasteiger partial charge on any atom is 0.0603 e. The van der Waals surface area contributed by atoms with Crippen LogP contribution in [-0.2, 0) is 4.74 Å². The number of likely N-dealkylation sites (tertiary alicyclic amines) is 1. The number of hydrogen-bond donors (Lipinski definition) is 0. The summed E-state index contributed by atoms with van der Waals surface area (Å²) >= 11 is 0. The van der Waals surface area contributed by atoms with Gasteiger partial charge < -0.3 is 9.64 Å². The zero-order valence-corrected chi connectivity index (χ0v) is 28.0. The Morgan fingerprint density at radius 1 is 0.513 bits per heavy atom. The highest BCUT2D eigenvalue weighted by Gasteiger charge is 2.24. The zero-order chi connectivity index (χ0) is 28.4. The van der Waals surface area contributed by atoms with E-state index in [1.807, 2.05) is 0 Å². The number of hydrogen-bond acceptors (Lipinski definition) is 2. The van der Waals surface area contributed by atoms with Gasteiger partial charge in [0.25, 0.3) is 0 Å². The predicted molar refractivity (Wildman–Crippen MR) is 176 cm³/mol. The summed E-state index contributed by atoms with van der Waals surface area (Å²) in [6.45, 7) is 15.5. The second kappa shape index (κ2) is 26.8. The van der Waals surface area contributed by atoms with Crippen LogP contribution in [0.1, 0.15) is 195 Å². The summed E-state index contributed by atoms with van der Waals surface area (Å²) in [5.74, 6) is 1.86. The van der Waals surface area contributed by atoms with E-state index in [0.29, 0.717) is 12.2 Å². The van der Waals surface area contributed by atoms with Crippen LogP contribution in [0.25, 0.3) is 0 Å². The summed E-state index contributed by atoms with van der Waals surface area (Å²) in [6.07, 6.45) is 36.0. The number of nitrogens with zero attached hydrogens (tertiary/aromatic N) is 1. The molecule has 0 spiro atoms. The van der Waals surface area contributed by atoms with Crippen molar-refractivity contribution in [2.24, 2.45) is 11.8 Å². The lowest BCUT2D eigenvalue weighted by molar-refractivity contribution is -0.0415. The molecule has 2 nitrogen and oxygen atoms in total. The second-order valence-corrected chi connectivity index (χ2v) is 13.5. The van der Waals surface area contributed by atoms with Gasteiger partial charge in [0, 0.05) is 19.6 Å². The minimum absolute atomic E-state index is 0.435. The molecule has 1 aliphatic heterocycles. The standard InChI is InChI=1S/C37H75NO/c1-6-10-14-18-22-26-36(25-21-17-13-9-4)33-38-31-29-37(30-32-38)39-34(5)27-28-35(23-19-15-11-7-2)24-20-16-12-8-3/h34-37H,6-33H2,1-5H3/t34-,36?/m1/s1. The van der Waals surface area contributed by atoms with Crippen LogP contribution in [-0.4, -0.2) is 36.7 Å². The van der Waals surface area contributed by atoms with E-state index >= 15 is 0 Å². The third-order valence-corrected chi connectivity index (χ3v) is 9.57. The van der Waals surface area contributed by atoms with Gasteiger partial charge in [-0.05, 0) is 57.3 Å². The molecule has 0 aliphatic carbocycles. The Bertz CT molecular complexity index is 474. The van der Waals surface area contributed by atoms with Crippen LogP contribution in [0.2, 0.25) is 0 Å². The molecule has 1 heterocycles. The fourth-order valence-corrected chi connectivity index (χ4v) is 6.84. The third kappa shape index (κ3) is 21.3. The maximum absolute atomic E-state index is 6.65. The van der Waals surface area contributed by atoms with Crippen molar-refractivity contribution in [3.05, 3.63) is 0 Å². The quantitative estimate of drug-likeness (QED) is 0.0900. The lowest BCUT2D eigenvalue weighted by atomic mass is 9.89. The predicted octanol–water partition coefficient (Wildman–Crippen LogP) is 12.1. The first kappa shape index (κ1) is 36.9. The molecule has 1 fully saturated rings. The Hall–Kier alpha value is -0.0800. The molecule has 1 saturated heterocycles. The van der Waals surface area contributed by atoms with Gasteiger partial charge in [-0.25, -0.2) is 0 Å². The highest BCUT2D eigenvalue weighted by atomic mass is 16.5. The van der Waals surface area contributed by atoms with Crippen molar-refractivity contribution < 1.29 is 4.74 Å². The monoisotopic (exact) mass is 550 g/mol. The van der Waals surface area contributed by atoms with Crippen molar-refractivity contribution in [3.8, 4) is 0 Å². The molecule has 1 aliphatic rings. The highest BCUT2D eigenvalue weighted by molar-refractivity contribution is 4.76. The Morgan fingerprint density at radius 2 is 0.923 bits per heavy atom. The summed E-state index contributed by atoms with van der Waals surface area (Å²) in [7, 11) is 0. The van der Waals surface area contributed by atoms with E-state index in [9.17, 15) is 0 Å². The van der Waals surface area contributed by atoms with Crippen molar-refractivity contribution in [1.82, 2.24) is 4.90 Å². The minimum atomic E-state index is 0.435. The van der Waals surface area contributed by atoms with Crippen LogP contribution < -0.4 is 0 Å². The zero-order valence-electron chi connectivity index (χ0n) is 28.0. The van der Waals surface area contributed by atoms with E-state index in [0.717, 1.165) is 11.8 Å².